The standard InChI is InChI=1S/C9H8F2N4S/c10-6-3-7(11)9(15-12)14-8(6)13-5-1-2-16-4-5/h1-4H,12H2,(H2,13,14,15). The van der Waals surface area contributed by atoms with Crippen LogP contribution in [0.5, 0.6) is 0 Å². The lowest BCUT2D eigenvalue weighted by molar-refractivity contribution is 0.579. The Morgan fingerprint density at radius 3 is 2.62 bits per heavy atom. The molecule has 16 heavy (non-hydrogen) atoms. The van der Waals surface area contributed by atoms with Crippen molar-refractivity contribution in [1.82, 2.24) is 4.98 Å². The molecule has 0 radical (unpaired) electrons. The first-order valence-electron chi connectivity index (χ1n) is 4.32. The Labute approximate surface area is 94.1 Å². The molecule has 4 N–H and O–H groups in total. The average molecular weight is 242 g/mol. The topological polar surface area (TPSA) is 63.0 Å². The van der Waals surface area contributed by atoms with Crippen LogP contribution in [0.25, 0.3) is 0 Å². The summed E-state index contributed by atoms with van der Waals surface area (Å²) in [5, 5.41) is 6.32. The molecule has 0 atom stereocenters. The lowest BCUT2D eigenvalue weighted by Crippen LogP contribution is -2.12. The minimum absolute atomic E-state index is 0.0762. The molecule has 2 rings (SSSR count). The normalized spacial score (nSPS) is 10.2. The third-order valence-electron chi connectivity index (χ3n) is 1.85. The number of halogens is 2. The van der Waals surface area contributed by atoms with Gasteiger partial charge in [-0.3, -0.25) is 0 Å². The van der Waals surface area contributed by atoms with Crippen LogP contribution in [0, 0.1) is 11.6 Å². The summed E-state index contributed by atoms with van der Waals surface area (Å²) in [6.07, 6.45) is 0. The number of nitrogens with two attached hydrogens (primary N) is 1. The van der Waals surface area contributed by atoms with E-state index in [1.54, 1.807) is 11.4 Å². The molecule has 7 heteroatoms. The molecule has 0 spiro atoms. The second kappa shape index (κ2) is 4.42. The molecular formula is C9H8F2N4S. The Hall–Kier alpha value is -1.73. The molecule has 4 nitrogen and oxygen atoms in total. The van der Waals surface area contributed by atoms with Crippen molar-refractivity contribution in [1.29, 1.82) is 0 Å². The lowest BCUT2D eigenvalue weighted by Gasteiger charge is -2.07. The van der Waals surface area contributed by atoms with E-state index >= 15 is 0 Å². The molecule has 0 bridgehead atoms. The number of nitrogens with one attached hydrogen (secondary N) is 2. The minimum atomic E-state index is -0.837. The molecule has 0 aromatic carbocycles. The summed E-state index contributed by atoms with van der Waals surface area (Å²) in [7, 11) is 0. The SMILES string of the molecule is NNc1nc(Nc2ccsc2)c(F)cc1F. The maximum atomic E-state index is 13.3. The Morgan fingerprint density at radius 2 is 2.00 bits per heavy atom. The Balaban J connectivity index is 2.33. The number of thiophene rings is 1. The zero-order chi connectivity index (χ0) is 11.5. The zero-order valence-corrected chi connectivity index (χ0v) is 8.81. The van der Waals surface area contributed by atoms with Crippen molar-refractivity contribution in [3.8, 4) is 0 Å². The van der Waals surface area contributed by atoms with Gasteiger partial charge in [-0.15, -0.1) is 0 Å². The van der Waals surface area contributed by atoms with Crippen LogP contribution in [0.4, 0.5) is 26.1 Å². The Bertz CT molecular complexity index is 487. The van der Waals surface area contributed by atoms with Crippen LogP contribution < -0.4 is 16.6 Å². The molecule has 0 fully saturated rings. The van der Waals surface area contributed by atoms with Gasteiger partial charge in [0.1, 0.15) is 0 Å². The lowest BCUT2D eigenvalue weighted by atomic mass is 10.4. The summed E-state index contributed by atoms with van der Waals surface area (Å²) < 4.78 is 26.4. The highest BCUT2D eigenvalue weighted by atomic mass is 32.1. The fourth-order valence-electron chi connectivity index (χ4n) is 1.13. The molecule has 2 aromatic heterocycles. The molecule has 0 aliphatic rings. The summed E-state index contributed by atoms with van der Waals surface area (Å²) in [4.78, 5) is 3.67. The number of anilines is 3. The van der Waals surface area contributed by atoms with E-state index < -0.39 is 11.6 Å². The van der Waals surface area contributed by atoms with Gasteiger partial charge >= 0.3 is 0 Å². The van der Waals surface area contributed by atoms with E-state index in [1.165, 1.54) is 11.3 Å². The smallest absolute Gasteiger partial charge is 0.178 e. The number of rotatable bonds is 3. The van der Waals surface area contributed by atoms with Crippen LogP contribution in [-0.2, 0) is 0 Å². The molecule has 0 amide bonds. The molecule has 2 heterocycles. The minimum Gasteiger partial charge on any atom is -0.337 e. The van der Waals surface area contributed by atoms with Gasteiger partial charge in [-0.05, 0) is 11.4 Å². The molecule has 2 aromatic rings. The predicted molar refractivity (Wildman–Crippen MR) is 59.6 cm³/mol. The maximum absolute atomic E-state index is 13.3. The monoisotopic (exact) mass is 242 g/mol. The van der Waals surface area contributed by atoms with E-state index in [0.29, 0.717) is 5.69 Å². The number of hydrogen-bond acceptors (Lipinski definition) is 5. The van der Waals surface area contributed by atoms with Crippen molar-refractivity contribution in [2.45, 2.75) is 0 Å². The van der Waals surface area contributed by atoms with Gasteiger partial charge in [0.15, 0.2) is 23.3 Å². The van der Waals surface area contributed by atoms with E-state index in [-0.39, 0.29) is 11.6 Å². The number of hydrazine groups is 1. The van der Waals surface area contributed by atoms with Crippen molar-refractivity contribution in [2.24, 2.45) is 5.84 Å². The first-order chi connectivity index (χ1) is 7.70. The highest BCUT2D eigenvalue weighted by Crippen LogP contribution is 2.23. The van der Waals surface area contributed by atoms with Crippen LogP contribution in [0.2, 0.25) is 0 Å². The van der Waals surface area contributed by atoms with Gasteiger partial charge in [-0.25, -0.2) is 19.6 Å². The van der Waals surface area contributed by atoms with Gasteiger partial charge < -0.3 is 10.7 Å². The van der Waals surface area contributed by atoms with Gasteiger partial charge in [-0.1, -0.05) is 0 Å². The fraction of sp³-hybridized carbons (Fsp3) is 0. The van der Waals surface area contributed by atoms with Crippen molar-refractivity contribution < 1.29 is 8.78 Å². The average Bonchev–Trinajstić information content (AvgIpc) is 2.75. The number of nitrogens with zero attached hydrogens (tertiary/aromatic N) is 1. The van der Waals surface area contributed by atoms with Gasteiger partial charge in [0.25, 0.3) is 0 Å². The summed E-state index contributed by atoms with van der Waals surface area (Å²) >= 11 is 1.45. The number of nitrogen functional groups attached to an aromatic ring is 1. The number of aromatic nitrogens is 1. The van der Waals surface area contributed by atoms with Crippen LogP contribution in [-0.4, -0.2) is 4.98 Å². The highest BCUT2D eigenvalue weighted by Gasteiger charge is 2.11. The number of pyridine rings is 1. The van der Waals surface area contributed by atoms with Crippen molar-refractivity contribution in [2.75, 3.05) is 10.7 Å². The third-order valence-corrected chi connectivity index (χ3v) is 2.53. The summed E-state index contributed by atoms with van der Waals surface area (Å²) in [5.74, 6) is 3.14. The highest BCUT2D eigenvalue weighted by molar-refractivity contribution is 7.08. The Morgan fingerprint density at radius 1 is 1.25 bits per heavy atom. The quantitative estimate of drug-likeness (QED) is 0.571. The summed E-state index contributed by atoms with van der Waals surface area (Å²) in [6.45, 7) is 0. The van der Waals surface area contributed by atoms with Crippen LogP contribution in [0.3, 0.4) is 0 Å². The molecule has 0 aliphatic heterocycles. The summed E-state index contributed by atoms with van der Waals surface area (Å²) in [6, 6.07) is 2.47. The fourth-order valence-corrected chi connectivity index (χ4v) is 1.72. The first kappa shape index (κ1) is 10.8. The molecule has 84 valence electrons. The van der Waals surface area contributed by atoms with Crippen molar-refractivity contribution >= 4 is 28.7 Å². The van der Waals surface area contributed by atoms with E-state index in [4.69, 9.17) is 5.84 Å². The van der Waals surface area contributed by atoms with Gasteiger partial charge in [0, 0.05) is 11.4 Å². The molecular weight excluding hydrogens is 234 g/mol. The number of hydrogen-bond donors (Lipinski definition) is 3. The second-order valence-electron chi connectivity index (χ2n) is 2.93. The second-order valence-corrected chi connectivity index (χ2v) is 3.71. The zero-order valence-electron chi connectivity index (χ0n) is 8.00. The first-order valence-corrected chi connectivity index (χ1v) is 5.27. The maximum Gasteiger partial charge on any atom is 0.178 e. The molecule has 0 unspecified atom stereocenters. The molecule has 0 saturated carbocycles. The van der Waals surface area contributed by atoms with Crippen LogP contribution in [0.1, 0.15) is 0 Å². The molecule has 0 saturated heterocycles. The summed E-state index contributed by atoms with van der Waals surface area (Å²) in [5.41, 5.74) is 2.74. The van der Waals surface area contributed by atoms with E-state index in [2.05, 4.69) is 15.7 Å². The predicted octanol–water partition coefficient (Wildman–Crippen LogP) is 2.45. The Kier molecular flexibility index (Phi) is 2.97. The van der Waals surface area contributed by atoms with Crippen molar-refractivity contribution in [3.63, 3.8) is 0 Å². The van der Waals surface area contributed by atoms with Crippen molar-refractivity contribution in [3.05, 3.63) is 34.5 Å². The van der Waals surface area contributed by atoms with E-state index in [9.17, 15) is 8.78 Å². The van der Waals surface area contributed by atoms with Gasteiger partial charge in [-0.2, -0.15) is 11.3 Å². The largest absolute Gasteiger partial charge is 0.337 e. The molecule has 0 aliphatic carbocycles. The van der Waals surface area contributed by atoms with Crippen LogP contribution in [0.15, 0.2) is 22.9 Å². The third kappa shape index (κ3) is 2.10. The van der Waals surface area contributed by atoms with E-state index in [0.717, 1.165) is 6.07 Å². The van der Waals surface area contributed by atoms with E-state index in [1.807, 2.05) is 5.38 Å². The van der Waals surface area contributed by atoms with Gasteiger partial charge in [0.05, 0.1) is 5.69 Å². The van der Waals surface area contributed by atoms with Crippen LogP contribution >= 0.6 is 11.3 Å². The van der Waals surface area contributed by atoms with Gasteiger partial charge in [0.2, 0.25) is 0 Å².